The highest BCUT2D eigenvalue weighted by molar-refractivity contribution is 8.15. The van der Waals surface area contributed by atoms with Crippen LogP contribution in [0.2, 0.25) is 0 Å². The maximum atomic E-state index is 12.0. The van der Waals surface area contributed by atoms with Crippen molar-refractivity contribution in [3.63, 3.8) is 0 Å². The Morgan fingerprint density at radius 1 is 1.23 bits per heavy atom. The molecule has 1 aromatic heterocycles. The monoisotopic (exact) mass is 310 g/mol. The number of carbonyl (C=O) groups is 1. The first kappa shape index (κ1) is 14.5. The summed E-state index contributed by atoms with van der Waals surface area (Å²) in [6.07, 6.45) is 5.04. The fourth-order valence-corrected chi connectivity index (χ4v) is 2.83. The Kier molecular flexibility index (Phi) is 4.60. The predicted octanol–water partition coefficient (Wildman–Crippen LogP) is 2.55. The second kappa shape index (κ2) is 7.00. The van der Waals surface area contributed by atoms with E-state index in [4.69, 9.17) is 0 Å². The lowest BCUT2D eigenvalue weighted by Gasteiger charge is -2.14. The van der Waals surface area contributed by atoms with E-state index in [2.05, 4.69) is 15.2 Å². The Bertz CT molecular complexity index is 701. The molecule has 0 radical (unpaired) electrons. The maximum Gasteiger partial charge on any atom is 0.239 e. The number of pyridine rings is 1. The Labute approximate surface area is 132 Å². The molecule has 0 spiro atoms. The van der Waals surface area contributed by atoms with Gasteiger partial charge < -0.3 is 0 Å². The standard InChI is InChI=1S/C16H14N4OS/c21-15-12-22-16(19-18-10-14-7-4-8-17-9-14)20(15)11-13-5-2-1-3-6-13/h1-10H,11-12H2/b18-10+,19-16+. The van der Waals surface area contributed by atoms with E-state index in [0.29, 0.717) is 17.5 Å². The van der Waals surface area contributed by atoms with E-state index in [9.17, 15) is 4.79 Å². The molecule has 0 saturated carbocycles. The van der Waals surface area contributed by atoms with E-state index in [1.165, 1.54) is 11.8 Å². The molecule has 1 fully saturated rings. The van der Waals surface area contributed by atoms with Gasteiger partial charge in [-0.15, -0.1) is 5.10 Å². The second-order valence-electron chi connectivity index (χ2n) is 4.67. The number of carbonyl (C=O) groups excluding carboxylic acids is 1. The number of hydrogen-bond acceptors (Lipinski definition) is 5. The Balaban J connectivity index is 1.73. The van der Waals surface area contributed by atoms with Gasteiger partial charge >= 0.3 is 0 Å². The van der Waals surface area contributed by atoms with Crippen LogP contribution in [0.1, 0.15) is 11.1 Å². The zero-order valence-electron chi connectivity index (χ0n) is 11.8. The normalized spacial score (nSPS) is 16.8. The molecule has 1 saturated heterocycles. The molecule has 1 aliphatic heterocycles. The van der Waals surface area contributed by atoms with Crippen molar-refractivity contribution in [3.05, 3.63) is 66.0 Å². The minimum absolute atomic E-state index is 0.0594. The van der Waals surface area contributed by atoms with Gasteiger partial charge in [0.25, 0.3) is 0 Å². The van der Waals surface area contributed by atoms with Crippen molar-refractivity contribution in [3.8, 4) is 0 Å². The highest BCUT2D eigenvalue weighted by atomic mass is 32.2. The molecule has 3 rings (SSSR count). The van der Waals surface area contributed by atoms with Crippen LogP contribution in [0.5, 0.6) is 0 Å². The summed E-state index contributed by atoms with van der Waals surface area (Å²) in [6, 6.07) is 13.6. The van der Waals surface area contributed by atoms with Gasteiger partial charge in [0.1, 0.15) is 0 Å². The number of hydrogen-bond donors (Lipinski definition) is 0. The molecule has 22 heavy (non-hydrogen) atoms. The molecule has 0 bridgehead atoms. The largest absolute Gasteiger partial charge is 0.285 e. The van der Waals surface area contributed by atoms with Crippen LogP contribution in [0.3, 0.4) is 0 Å². The number of thioether (sulfide) groups is 1. The fraction of sp³-hybridized carbons (Fsp3) is 0.125. The number of amides is 1. The topological polar surface area (TPSA) is 57.9 Å². The van der Waals surface area contributed by atoms with Crippen molar-refractivity contribution in [1.29, 1.82) is 0 Å². The Hall–Kier alpha value is -2.47. The molecule has 0 N–H and O–H groups in total. The van der Waals surface area contributed by atoms with Gasteiger partial charge in [-0.05, 0) is 11.6 Å². The summed E-state index contributed by atoms with van der Waals surface area (Å²) in [7, 11) is 0. The molecule has 1 aromatic carbocycles. The summed E-state index contributed by atoms with van der Waals surface area (Å²) in [5, 5.41) is 8.86. The summed E-state index contributed by atoms with van der Waals surface area (Å²) < 4.78 is 0. The van der Waals surface area contributed by atoms with Crippen LogP contribution in [-0.4, -0.2) is 32.9 Å². The van der Waals surface area contributed by atoms with Gasteiger partial charge in [-0.1, -0.05) is 48.2 Å². The predicted molar refractivity (Wildman–Crippen MR) is 88.7 cm³/mol. The zero-order valence-corrected chi connectivity index (χ0v) is 12.6. The first-order valence-corrected chi connectivity index (χ1v) is 7.79. The van der Waals surface area contributed by atoms with Crippen LogP contribution in [0.4, 0.5) is 0 Å². The Morgan fingerprint density at radius 2 is 2.09 bits per heavy atom. The third-order valence-corrected chi connectivity index (χ3v) is 4.03. The summed E-state index contributed by atoms with van der Waals surface area (Å²) in [5.41, 5.74) is 1.94. The van der Waals surface area contributed by atoms with Crippen LogP contribution in [-0.2, 0) is 11.3 Å². The maximum absolute atomic E-state index is 12.0. The smallest absolute Gasteiger partial charge is 0.239 e. The quantitative estimate of drug-likeness (QED) is 0.644. The molecular weight excluding hydrogens is 296 g/mol. The van der Waals surface area contributed by atoms with Gasteiger partial charge in [0.15, 0.2) is 5.17 Å². The second-order valence-corrected chi connectivity index (χ2v) is 5.61. The molecule has 2 aromatic rings. The van der Waals surface area contributed by atoms with Gasteiger partial charge in [-0.25, -0.2) is 0 Å². The van der Waals surface area contributed by atoms with E-state index >= 15 is 0 Å². The first-order chi connectivity index (χ1) is 10.8. The number of rotatable bonds is 4. The lowest BCUT2D eigenvalue weighted by atomic mass is 10.2. The molecule has 0 atom stereocenters. The van der Waals surface area contributed by atoms with Crippen molar-refractivity contribution in [2.24, 2.45) is 10.2 Å². The van der Waals surface area contributed by atoms with Crippen LogP contribution < -0.4 is 0 Å². The minimum atomic E-state index is 0.0594. The summed E-state index contributed by atoms with van der Waals surface area (Å²) in [5.74, 6) is 0.470. The van der Waals surface area contributed by atoms with Crippen molar-refractivity contribution in [2.45, 2.75) is 6.54 Å². The van der Waals surface area contributed by atoms with E-state index in [1.54, 1.807) is 23.5 Å². The lowest BCUT2D eigenvalue weighted by molar-refractivity contribution is -0.124. The van der Waals surface area contributed by atoms with Crippen molar-refractivity contribution < 1.29 is 4.79 Å². The average Bonchev–Trinajstić information content (AvgIpc) is 2.90. The van der Waals surface area contributed by atoms with Crippen molar-refractivity contribution in [1.82, 2.24) is 9.88 Å². The molecule has 110 valence electrons. The molecule has 0 aliphatic carbocycles. The van der Waals surface area contributed by atoms with Gasteiger partial charge in [-0.3, -0.25) is 14.7 Å². The lowest BCUT2D eigenvalue weighted by Crippen LogP contribution is -2.28. The fourth-order valence-electron chi connectivity index (χ4n) is 1.99. The molecule has 1 aliphatic rings. The average molecular weight is 310 g/mol. The summed E-state index contributed by atoms with van der Waals surface area (Å²) in [6.45, 7) is 0.522. The van der Waals surface area contributed by atoms with Crippen LogP contribution in [0, 0.1) is 0 Å². The van der Waals surface area contributed by atoms with E-state index in [-0.39, 0.29) is 5.91 Å². The van der Waals surface area contributed by atoms with Crippen LogP contribution >= 0.6 is 11.8 Å². The molecule has 5 nitrogen and oxygen atoms in total. The summed E-state index contributed by atoms with van der Waals surface area (Å²) >= 11 is 1.41. The number of amidine groups is 1. The highest BCUT2D eigenvalue weighted by Gasteiger charge is 2.28. The van der Waals surface area contributed by atoms with Gasteiger partial charge in [-0.2, -0.15) is 5.10 Å². The molecule has 2 heterocycles. The van der Waals surface area contributed by atoms with Crippen LogP contribution in [0.15, 0.2) is 65.1 Å². The SMILES string of the molecule is O=C1CS/C(=N/N=C/c2cccnc2)N1Cc1ccccc1. The number of aromatic nitrogens is 1. The van der Waals surface area contributed by atoms with E-state index in [1.807, 2.05) is 42.5 Å². The highest BCUT2D eigenvalue weighted by Crippen LogP contribution is 2.21. The Morgan fingerprint density at radius 3 is 2.86 bits per heavy atom. The first-order valence-electron chi connectivity index (χ1n) is 6.81. The van der Waals surface area contributed by atoms with E-state index in [0.717, 1.165) is 11.1 Å². The zero-order chi connectivity index (χ0) is 15.2. The van der Waals surface area contributed by atoms with Gasteiger partial charge in [0, 0.05) is 18.0 Å². The van der Waals surface area contributed by atoms with Crippen molar-refractivity contribution in [2.75, 3.05) is 5.75 Å². The minimum Gasteiger partial charge on any atom is -0.285 e. The van der Waals surface area contributed by atoms with Crippen LogP contribution in [0.25, 0.3) is 0 Å². The van der Waals surface area contributed by atoms with Crippen molar-refractivity contribution >= 4 is 29.1 Å². The van der Waals surface area contributed by atoms with Gasteiger partial charge in [0.05, 0.1) is 18.5 Å². The number of benzene rings is 1. The summed E-state index contributed by atoms with van der Waals surface area (Å²) in [4.78, 5) is 17.7. The molecule has 6 heteroatoms. The molecular formula is C16H14N4OS. The molecule has 1 amide bonds. The number of nitrogens with zero attached hydrogens (tertiary/aromatic N) is 4. The molecule has 0 unspecified atom stereocenters. The third-order valence-electron chi connectivity index (χ3n) is 3.07. The van der Waals surface area contributed by atoms with Gasteiger partial charge in [0.2, 0.25) is 5.91 Å². The van der Waals surface area contributed by atoms with E-state index < -0.39 is 0 Å². The third kappa shape index (κ3) is 3.59.